The standard InChI is InChI=1S/C19H27NO4/c1-3-13(4-2)17-12-15(9-10-24-17)20-18(21)11-14-7-5-6-8-16(14)19(22)23/h5-8,13,15,17H,3-4,9-12H2,1-2H3,(H,20,21)(H,22,23). The Morgan fingerprint density at radius 2 is 2.00 bits per heavy atom. The van der Waals surface area contributed by atoms with Gasteiger partial charge < -0.3 is 15.2 Å². The minimum Gasteiger partial charge on any atom is -0.478 e. The Bertz CT molecular complexity index is 568. The monoisotopic (exact) mass is 333 g/mol. The van der Waals surface area contributed by atoms with E-state index in [-0.39, 0.29) is 30.0 Å². The number of carboxylic acid groups (broad SMARTS) is 1. The van der Waals surface area contributed by atoms with Crippen molar-refractivity contribution in [1.82, 2.24) is 5.32 Å². The van der Waals surface area contributed by atoms with Crippen LogP contribution >= 0.6 is 0 Å². The maximum absolute atomic E-state index is 12.3. The number of ether oxygens (including phenoxy) is 1. The van der Waals surface area contributed by atoms with Crippen molar-refractivity contribution in [2.45, 2.75) is 58.1 Å². The van der Waals surface area contributed by atoms with Crippen molar-refractivity contribution >= 4 is 11.9 Å². The van der Waals surface area contributed by atoms with Crippen LogP contribution < -0.4 is 5.32 Å². The van der Waals surface area contributed by atoms with Gasteiger partial charge in [-0.15, -0.1) is 0 Å². The van der Waals surface area contributed by atoms with Crippen molar-refractivity contribution in [2.75, 3.05) is 6.61 Å². The summed E-state index contributed by atoms with van der Waals surface area (Å²) in [6, 6.07) is 6.76. The number of aromatic carboxylic acids is 1. The number of carbonyl (C=O) groups excluding carboxylic acids is 1. The predicted octanol–water partition coefficient (Wildman–Crippen LogP) is 3.03. The molecule has 0 aliphatic carbocycles. The molecule has 1 aromatic rings. The Kier molecular flexibility index (Phi) is 6.79. The highest BCUT2D eigenvalue weighted by Crippen LogP contribution is 2.25. The van der Waals surface area contributed by atoms with E-state index < -0.39 is 5.97 Å². The maximum atomic E-state index is 12.3. The number of hydrogen-bond acceptors (Lipinski definition) is 3. The van der Waals surface area contributed by atoms with Crippen molar-refractivity contribution in [2.24, 2.45) is 5.92 Å². The molecule has 1 fully saturated rings. The molecule has 1 aliphatic heterocycles. The first-order valence-corrected chi connectivity index (χ1v) is 8.77. The second-order valence-electron chi connectivity index (χ2n) is 6.41. The van der Waals surface area contributed by atoms with E-state index in [1.165, 1.54) is 6.07 Å². The lowest BCUT2D eigenvalue weighted by Crippen LogP contribution is -2.44. The van der Waals surface area contributed by atoms with Crippen LogP contribution in [-0.2, 0) is 16.0 Å². The molecule has 0 spiro atoms. The van der Waals surface area contributed by atoms with Gasteiger partial charge in [-0.05, 0) is 30.4 Å². The fraction of sp³-hybridized carbons (Fsp3) is 0.579. The quantitative estimate of drug-likeness (QED) is 0.804. The summed E-state index contributed by atoms with van der Waals surface area (Å²) >= 11 is 0. The van der Waals surface area contributed by atoms with E-state index in [1.807, 2.05) is 0 Å². The second kappa shape index (κ2) is 8.83. The number of hydrogen-bond donors (Lipinski definition) is 2. The largest absolute Gasteiger partial charge is 0.478 e. The van der Waals surface area contributed by atoms with E-state index in [1.54, 1.807) is 18.2 Å². The normalized spacial score (nSPS) is 20.8. The minimum absolute atomic E-state index is 0.0927. The highest BCUT2D eigenvalue weighted by molar-refractivity contribution is 5.91. The Labute approximate surface area is 143 Å². The third kappa shape index (κ3) is 4.81. The molecular formula is C19H27NO4. The smallest absolute Gasteiger partial charge is 0.335 e. The molecule has 1 aliphatic rings. The van der Waals surface area contributed by atoms with Gasteiger partial charge in [-0.3, -0.25) is 4.79 Å². The van der Waals surface area contributed by atoms with Crippen LogP contribution in [0.15, 0.2) is 24.3 Å². The van der Waals surface area contributed by atoms with Crippen LogP contribution in [0.3, 0.4) is 0 Å². The topological polar surface area (TPSA) is 75.6 Å². The lowest BCUT2D eigenvalue weighted by molar-refractivity contribution is -0.122. The van der Waals surface area contributed by atoms with E-state index in [2.05, 4.69) is 19.2 Å². The van der Waals surface area contributed by atoms with E-state index in [0.717, 1.165) is 25.7 Å². The fourth-order valence-corrected chi connectivity index (χ4v) is 3.44. The van der Waals surface area contributed by atoms with Gasteiger partial charge in [0.1, 0.15) is 0 Å². The van der Waals surface area contributed by atoms with Gasteiger partial charge in [-0.1, -0.05) is 44.9 Å². The summed E-state index contributed by atoms with van der Waals surface area (Å²) in [6.45, 7) is 5.00. The van der Waals surface area contributed by atoms with E-state index in [4.69, 9.17) is 4.74 Å². The molecule has 1 amide bonds. The average molecular weight is 333 g/mol. The number of amides is 1. The molecule has 0 saturated carbocycles. The first-order valence-electron chi connectivity index (χ1n) is 8.77. The number of carboxylic acids is 1. The third-order valence-corrected chi connectivity index (χ3v) is 4.85. The van der Waals surface area contributed by atoms with Gasteiger partial charge >= 0.3 is 5.97 Å². The van der Waals surface area contributed by atoms with Gasteiger partial charge in [0.25, 0.3) is 0 Å². The zero-order chi connectivity index (χ0) is 17.5. The number of carbonyl (C=O) groups is 2. The van der Waals surface area contributed by atoms with Gasteiger partial charge in [-0.2, -0.15) is 0 Å². The molecule has 1 saturated heterocycles. The van der Waals surface area contributed by atoms with Crippen LogP contribution in [0, 0.1) is 5.92 Å². The highest BCUT2D eigenvalue weighted by Gasteiger charge is 2.28. The summed E-state index contributed by atoms with van der Waals surface area (Å²) in [6.07, 6.45) is 4.09. The van der Waals surface area contributed by atoms with Crippen LogP contribution in [0.25, 0.3) is 0 Å². The van der Waals surface area contributed by atoms with Crippen LogP contribution in [-0.4, -0.2) is 35.7 Å². The van der Waals surface area contributed by atoms with E-state index in [9.17, 15) is 14.7 Å². The van der Waals surface area contributed by atoms with Crippen molar-refractivity contribution in [3.8, 4) is 0 Å². The zero-order valence-corrected chi connectivity index (χ0v) is 14.5. The molecule has 2 unspecified atom stereocenters. The van der Waals surface area contributed by atoms with E-state index >= 15 is 0 Å². The molecular weight excluding hydrogens is 306 g/mol. The second-order valence-corrected chi connectivity index (χ2v) is 6.41. The van der Waals surface area contributed by atoms with Crippen molar-refractivity contribution in [3.63, 3.8) is 0 Å². The molecule has 2 N–H and O–H groups in total. The molecule has 1 aromatic carbocycles. The molecule has 2 rings (SSSR count). The molecule has 0 radical (unpaired) electrons. The SMILES string of the molecule is CCC(CC)C1CC(NC(=O)Cc2ccccc2C(=O)O)CCO1. The molecule has 0 bridgehead atoms. The van der Waals surface area contributed by atoms with Crippen LogP contribution in [0.4, 0.5) is 0 Å². The third-order valence-electron chi connectivity index (χ3n) is 4.85. The van der Waals surface area contributed by atoms with Gasteiger partial charge in [0.05, 0.1) is 18.1 Å². The summed E-state index contributed by atoms with van der Waals surface area (Å²) in [5.74, 6) is -0.602. The summed E-state index contributed by atoms with van der Waals surface area (Å²) in [5.41, 5.74) is 0.737. The minimum atomic E-state index is -1.00. The van der Waals surface area contributed by atoms with E-state index in [0.29, 0.717) is 18.1 Å². The molecule has 2 atom stereocenters. The zero-order valence-electron chi connectivity index (χ0n) is 14.5. The summed E-state index contributed by atoms with van der Waals surface area (Å²) in [5, 5.41) is 12.3. The summed E-state index contributed by atoms with van der Waals surface area (Å²) in [4.78, 5) is 23.6. The molecule has 5 heteroatoms. The lowest BCUT2D eigenvalue weighted by Gasteiger charge is -2.34. The Morgan fingerprint density at radius 1 is 1.29 bits per heavy atom. The van der Waals surface area contributed by atoms with Gasteiger partial charge in [0, 0.05) is 12.6 Å². The fourth-order valence-electron chi connectivity index (χ4n) is 3.44. The molecule has 0 aromatic heterocycles. The molecule has 5 nitrogen and oxygen atoms in total. The molecule has 1 heterocycles. The Morgan fingerprint density at radius 3 is 2.67 bits per heavy atom. The number of nitrogens with one attached hydrogen (secondary N) is 1. The average Bonchev–Trinajstić information content (AvgIpc) is 2.56. The summed E-state index contributed by atoms with van der Waals surface area (Å²) in [7, 11) is 0. The lowest BCUT2D eigenvalue weighted by atomic mass is 9.89. The first kappa shape index (κ1) is 18.5. The van der Waals surface area contributed by atoms with Gasteiger partial charge in [-0.25, -0.2) is 4.79 Å². The van der Waals surface area contributed by atoms with Crippen LogP contribution in [0.5, 0.6) is 0 Å². The molecule has 24 heavy (non-hydrogen) atoms. The predicted molar refractivity (Wildman–Crippen MR) is 92.1 cm³/mol. The van der Waals surface area contributed by atoms with Crippen LogP contribution in [0.2, 0.25) is 0 Å². The van der Waals surface area contributed by atoms with Crippen LogP contribution in [0.1, 0.15) is 55.5 Å². The maximum Gasteiger partial charge on any atom is 0.335 e. The van der Waals surface area contributed by atoms with Crippen molar-refractivity contribution in [3.05, 3.63) is 35.4 Å². The van der Waals surface area contributed by atoms with Gasteiger partial charge in [0.15, 0.2) is 0 Å². The molecule has 132 valence electrons. The van der Waals surface area contributed by atoms with Gasteiger partial charge in [0.2, 0.25) is 5.91 Å². The Balaban J connectivity index is 1.94. The first-order chi connectivity index (χ1) is 11.5. The highest BCUT2D eigenvalue weighted by atomic mass is 16.5. The Hall–Kier alpha value is -1.88. The number of rotatable bonds is 7. The van der Waals surface area contributed by atoms with Crippen molar-refractivity contribution in [1.29, 1.82) is 0 Å². The van der Waals surface area contributed by atoms with Crippen molar-refractivity contribution < 1.29 is 19.4 Å². The number of benzene rings is 1. The summed E-state index contributed by atoms with van der Waals surface area (Å²) < 4.78 is 5.87.